The summed E-state index contributed by atoms with van der Waals surface area (Å²) in [5.41, 5.74) is 8.08. The zero-order chi connectivity index (χ0) is 25.1. The number of benzene rings is 1. The minimum Gasteiger partial charge on any atom is -0.493 e. The van der Waals surface area contributed by atoms with E-state index in [-0.39, 0.29) is 22.9 Å². The lowest BCUT2D eigenvalue weighted by atomic mass is 9.95. The maximum Gasteiger partial charge on any atom is 0.283 e. The molecule has 0 atom stereocenters. The summed E-state index contributed by atoms with van der Waals surface area (Å²) in [7, 11) is 4.58. The Balaban J connectivity index is 1.73. The molecule has 9 nitrogen and oxygen atoms in total. The molecule has 0 saturated heterocycles. The number of rotatable bonds is 8. The molecule has 2 N–H and O–H groups in total. The van der Waals surface area contributed by atoms with Gasteiger partial charge in [0.05, 0.1) is 26.9 Å². The van der Waals surface area contributed by atoms with E-state index in [1.54, 1.807) is 38.5 Å². The average Bonchev–Trinajstić information content (AvgIpc) is 3.25. The number of Topliss-reactive ketones (excluding diaryl/α,β-unsaturated/α-hetero) is 1. The first-order valence-electron chi connectivity index (χ1n) is 10.6. The highest BCUT2D eigenvalue weighted by Gasteiger charge is 2.21. The molecule has 2 heterocycles. The molecule has 0 bridgehead atoms. The van der Waals surface area contributed by atoms with Crippen LogP contribution >= 0.6 is 11.3 Å². The fraction of sp³-hybridized carbons (Fsp3) is 0.200. The number of fused-ring (bicyclic) bond motifs is 1. The Morgan fingerprint density at radius 2 is 1.89 bits per heavy atom. The highest BCUT2D eigenvalue weighted by molar-refractivity contribution is 7.16. The van der Waals surface area contributed by atoms with E-state index in [1.165, 1.54) is 23.0 Å². The van der Waals surface area contributed by atoms with Crippen molar-refractivity contribution in [1.82, 2.24) is 14.6 Å². The van der Waals surface area contributed by atoms with E-state index in [1.807, 2.05) is 18.2 Å². The first-order chi connectivity index (χ1) is 16.9. The second-order valence-electron chi connectivity index (χ2n) is 7.62. The van der Waals surface area contributed by atoms with Gasteiger partial charge in [-0.3, -0.25) is 9.59 Å². The van der Waals surface area contributed by atoms with E-state index in [9.17, 15) is 9.59 Å². The predicted octanol–water partition coefficient (Wildman–Crippen LogP) is 3.34. The Morgan fingerprint density at radius 3 is 2.57 bits per heavy atom. The number of aromatic nitrogens is 3. The SMILES string of the molecule is C=CCC1=C/C(=C\c2c(N)n3nc(Cc4ccc(OC)c(OC)c4)sc3nc2=O)C=C(OC)C1=O. The maximum absolute atomic E-state index is 12.8. The number of allylic oxidation sites excluding steroid dienone is 5. The molecular formula is C25H24N4O5S. The number of nitrogens with zero attached hydrogens (tertiary/aromatic N) is 3. The van der Waals surface area contributed by atoms with Crippen LogP contribution in [0.15, 0.2) is 64.7 Å². The van der Waals surface area contributed by atoms with Gasteiger partial charge in [-0.25, -0.2) is 0 Å². The molecule has 0 unspecified atom stereocenters. The quantitative estimate of drug-likeness (QED) is 0.476. The van der Waals surface area contributed by atoms with Gasteiger partial charge in [-0.1, -0.05) is 23.5 Å². The van der Waals surface area contributed by atoms with Gasteiger partial charge in [0.15, 0.2) is 17.3 Å². The van der Waals surface area contributed by atoms with Gasteiger partial charge in [0.25, 0.3) is 5.56 Å². The van der Waals surface area contributed by atoms with Crippen molar-refractivity contribution in [3.63, 3.8) is 0 Å². The molecule has 0 aliphatic heterocycles. The van der Waals surface area contributed by atoms with Crippen LogP contribution in [0, 0.1) is 0 Å². The molecular weight excluding hydrogens is 468 g/mol. The zero-order valence-corrected chi connectivity index (χ0v) is 20.3. The summed E-state index contributed by atoms with van der Waals surface area (Å²) in [5, 5.41) is 5.29. The van der Waals surface area contributed by atoms with Crippen LogP contribution in [0.1, 0.15) is 22.6 Å². The summed E-state index contributed by atoms with van der Waals surface area (Å²) in [6.07, 6.45) is 7.32. The largest absolute Gasteiger partial charge is 0.493 e. The van der Waals surface area contributed by atoms with Crippen molar-refractivity contribution in [1.29, 1.82) is 0 Å². The summed E-state index contributed by atoms with van der Waals surface area (Å²) in [5.74, 6) is 1.36. The van der Waals surface area contributed by atoms with E-state index >= 15 is 0 Å². The van der Waals surface area contributed by atoms with E-state index in [0.717, 1.165) is 10.6 Å². The highest BCUT2D eigenvalue weighted by atomic mass is 32.1. The molecule has 0 saturated carbocycles. The standard InChI is InChI=1S/C25H24N4O5S/c1-5-6-16-9-15(12-20(34-4)22(16)30)10-17-23(26)29-25(27-24(17)31)35-21(28-29)13-14-7-8-18(32-2)19(11-14)33-3/h5,7-12H,1,6,13,26H2,2-4H3/b15-10+. The fourth-order valence-electron chi connectivity index (χ4n) is 3.69. The van der Waals surface area contributed by atoms with E-state index in [2.05, 4.69) is 16.7 Å². The number of ether oxygens (including phenoxy) is 3. The average molecular weight is 493 g/mol. The van der Waals surface area contributed by atoms with Gasteiger partial charge in [-0.2, -0.15) is 14.6 Å². The van der Waals surface area contributed by atoms with E-state index < -0.39 is 5.56 Å². The summed E-state index contributed by atoms with van der Waals surface area (Å²) in [4.78, 5) is 29.8. The zero-order valence-electron chi connectivity index (χ0n) is 19.5. The van der Waals surface area contributed by atoms with Crippen molar-refractivity contribution in [2.24, 2.45) is 0 Å². The van der Waals surface area contributed by atoms with Crippen molar-refractivity contribution in [3.8, 4) is 11.5 Å². The number of carbonyl (C=O) groups excluding carboxylic acids is 1. The number of nitrogens with two attached hydrogens (primary N) is 1. The monoisotopic (exact) mass is 492 g/mol. The van der Waals surface area contributed by atoms with Crippen LogP contribution in [-0.4, -0.2) is 41.7 Å². The number of carbonyl (C=O) groups is 1. The number of anilines is 1. The van der Waals surface area contributed by atoms with Gasteiger partial charge in [-0.15, -0.1) is 6.58 Å². The molecule has 10 heteroatoms. The third-order valence-corrected chi connectivity index (χ3v) is 6.29. The number of hydrogen-bond acceptors (Lipinski definition) is 9. The van der Waals surface area contributed by atoms with Crippen LogP contribution in [0.3, 0.4) is 0 Å². The van der Waals surface area contributed by atoms with Crippen LogP contribution < -0.4 is 20.8 Å². The van der Waals surface area contributed by atoms with Crippen LogP contribution in [0.5, 0.6) is 11.5 Å². The Bertz CT molecular complexity index is 1480. The molecule has 1 aliphatic rings. The maximum atomic E-state index is 12.8. The highest BCUT2D eigenvalue weighted by Crippen LogP contribution is 2.30. The van der Waals surface area contributed by atoms with Gasteiger partial charge in [0, 0.05) is 12.0 Å². The first kappa shape index (κ1) is 24.0. The fourth-order valence-corrected chi connectivity index (χ4v) is 4.61. The number of methoxy groups -OCH3 is 3. The second-order valence-corrected chi connectivity index (χ2v) is 8.66. The number of ketones is 1. The molecule has 0 amide bonds. The van der Waals surface area contributed by atoms with Crippen LogP contribution in [0.2, 0.25) is 0 Å². The molecule has 180 valence electrons. The van der Waals surface area contributed by atoms with E-state index in [4.69, 9.17) is 19.9 Å². The molecule has 3 aromatic rings. The number of hydrogen-bond donors (Lipinski definition) is 1. The Hall–Kier alpha value is -4.18. The van der Waals surface area contributed by atoms with Crippen LogP contribution in [0.4, 0.5) is 5.82 Å². The summed E-state index contributed by atoms with van der Waals surface area (Å²) >= 11 is 1.28. The minimum atomic E-state index is -0.487. The molecule has 4 rings (SSSR count). The van der Waals surface area contributed by atoms with Crippen LogP contribution in [0.25, 0.3) is 11.0 Å². The van der Waals surface area contributed by atoms with Gasteiger partial charge in [-0.05, 0) is 47.9 Å². The number of nitrogen functional groups attached to an aromatic ring is 1. The molecule has 35 heavy (non-hydrogen) atoms. The first-order valence-corrected chi connectivity index (χ1v) is 11.4. The normalized spacial score (nSPS) is 14.6. The van der Waals surface area contributed by atoms with Crippen LogP contribution in [-0.2, 0) is 16.0 Å². The Labute approximate surface area is 205 Å². The third kappa shape index (κ3) is 4.73. The Kier molecular flexibility index (Phi) is 6.83. The lowest BCUT2D eigenvalue weighted by Gasteiger charge is -2.14. The lowest BCUT2D eigenvalue weighted by molar-refractivity contribution is -0.115. The van der Waals surface area contributed by atoms with Crippen molar-refractivity contribution in [3.05, 3.63) is 86.4 Å². The van der Waals surface area contributed by atoms with Crippen molar-refractivity contribution in [2.45, 2.75) is 12.8 Å². The Morgan fingerprint density at radius 1 is 1.11 bits per heavy atom. The second kappa shape index (κ2) is 9.98. The lowest BCUT2D eigenvalue weighted by Crippen LogP contribution is -2.17. The van der Waals surface area contributed by atoms with Gasteiger partial charge in [0.1, 0.15) is 10.8 Å². The smallest absolute Gasteiger partial charge is 0.283 e. The molecule has 0 spiro atoms. The predicted molar refractivity (Wildman–Crippen MR) is 135 cm³/mol. The summed E-state index contributed by atoms with van der Waals surface area (Å²) in [6, 6.07) is 5.62. The molecule has 0 radical (unpaired) electrons. The van der Waals surface area contributed by atoms with E-state index in [0.29, 0.717) is 40.4 Å². The van der Waals surface area contributed by atoms with Gasteiger partial charge < -0.3 is 19.9 Å². The summed E-state index contributed by atoms with van der Waals surface area (Å²) in [6.45, 7) is 3.69. The molecule has 1 aliphatic carbocycles. The van der Waals surface area contributed by atoms with Gasteiger partial charge in [0.2, 0.25) is 10.7 Å². The topological polar surface area (TPSA) is 118 Å². The van der Waals surface area contributed by atoms with Gasteiger partial charge >= 0.3 is 0 Å². The summed E-state index contributed by atoms with van der Waals surface area (Å²) < 4.78 is 17.3. The minimum absolute atomic E-state index is 0.158. The molecule has 2 aromatic heterocycles. The van der Waals surface area contributed by atoms with Crippen molar-refractivity contribution in [2.75, 3.05) is 27.1 Å². The molecule has 0 fully saturated rings. The van der Waals surface area contributed by atoms with Crippen molar-refractivity contribution < 1.29 is 19.0 Å². The third-order valence-electron chi connectivity index (χ3n) is 5.39. The molecule has 1 aromatic carbocycles. The van der Waals surface area contributed by atoms with Crippen molar-refractivity contribution >= 4 is 34.0 Å².